The predicted molar refractivity (Wildman–Crippen MR) is 67.2 cm³/mol. The van der Waals surface area contributed by atoms with Crippen LogP contribution >= 0.6 is 11.6 Å². The maximum Gasteiger partial charge on any atom is 0.138 e. The number of rotatable bonds is 2. The molecule has 1 aromatic carbocycles. The van der Waals surface area contributed by atoms with Crippen LogP contribution in [-0.4, -0.2) is 11.7 Å². The van der Waals surface area contributed by atoms with Gasteiger partial charge < -0.3 is 10.8 Å². The number of nitrogens with two attached hydrogens (primary N) is 1. The molecule has 1 aliphatic carbocycles. The molecular weight excluding hydrogens is 222 g/mol. The van der Waals surface area contributed by atoms with Gasteiger partial charge in [0.05, 0.1) is 5.02 Å². The van der Waals surface area contributed by atoms with Crippen LogP contribution in [0.1, 0.15) is 36.0 Å². The molecule has 0 atom stereocenters. The number of phenols is 1. The molecule has 0 bridgehead atoms. The van der Waals surface area contributed by atoms with Crippen molar-refractivity contribution in [2.75, 3.05) is 6.54 Å². The van der Waals surface area contributed by atoms with E-state index in [1.54, 1.807) is 0 Å². The molecule has 0 heterocycles. The van der Waals surface area contributed by atoms with E-state index in [2.05, 4.69) is 0 Å². The standard InChI is InChI=1S/C13H18ClNO/c1-8-6-10(14)12(16)11(9(8)2)13(7-15)4-3-5-13/h6,16H,3-5,7,15H2,1-2H3. The first-order chi connectivity index (χ1) is 7.52. The van der Waals surface area contributed by atoms with Gasteiger partial charge in [-0.3, -0.25) is 0 Å². The highest BCUT2D eigenvalue weighted by molar-refractivity contribution is 6.32. The molecule has 3 heteroatoms. The van der Waals surface area contributed by atoms with Crippen molar-refractivity contribution in [3.63, 3.8) is 0 Å². The van der Waals surface area contributed by atoms with E-state index in [0.717, 1.165) is 29.5 Å². The monoisotopic (exact) mass is 239 g/mol. The van der Waals surface area contributed by atoms with Crippen molar-refractivity contribution in [1.82, 2.24) is 0 Å². The third-order valence-corrected chi connectivity index (χ3v) is 4.29. The second kappa shape index (κ2) is 3.94. The minimum Gasteiger partial charge on any atom is -0.506 e. The summed E-state index contributed by atoms with van der Waals surface area (Å²) in [6, 6.07) is 1.82. The van der Waals surface area contributed by atoms with Gasteiger partial charge in [0.15, 0.2) is 0 Å². The number of hydrogen-bond donors (Lipinski definition) is 2. The van der Waals surface area contributed by atoms with Crippen molar-refractivity contribution in [2.45, 2.75) is 38.5 Å². The Bertz CT molecular complexity index is 393. The highest BCUT2D eigenvalue weighted by Gasteiger charge is 2.41. The van der Waals surface area contributed by atoms with Gasteiger partial charge in [-0.15, -0.1) is 0 Å². The predicted octanol–water partition coefficient (Wildman–Crippen LogP) is 3.04. The van der Waals surface area contributed by atoms with Crippen LogP contribution in [0.2, 0.25) is 5.02 Å². The lowest BCUT2D eigenvalue weighted by atomic mass is 9.63. The van der Waals surface area contributed by atoms with E-state index >= 15 is 0 Å². The van der Waals surface area contributed by atoms with E-state index in [0.29, 0.717) is 11.6 Å². The third-order valence-electron chi connectivity index (χ3n) is 4.00. The number of benzene rings is 1. The van der Waals surface area contributed by atoms with Crippen LogP contribution in [0.25, 0.3) is 0 Å². The Labute approximate surface area is 101 Å². The highest BCUT2D eigenvalue weighted by atomic mass is 35.5. The molecule has 0 unspecified atom stereocenters. The van der Waals surface area contributed by atoms with Crippen LogP contribution in [0, 0.1) is 13.8 Å². The van der Waals surface area contributed by atoms with Gasteiger partial charge in [-0.05, 0) is 43.9 Å². The zero-order chi connectivity index (χ0) is 11.9. The summed E-state index contributed by atoms with van der Waals surface area (Å²) in [7, 11) is 0. The lowest BCUT2D eigenvalue weighted by Gasteiger charge is -2.43. The summed E-state index contributed by atoms with van der Waals surface area (Å²) in [5.74, 6) is 0.231. The molecule has 1 aliphatic rings. The lowest BCUT2D eigenvalue weighted by Crippen LogP contribution is -2.42. The number of hydrogen-bond acceptors (Lipinski definition) is 2. The quantitative estimate of drug-likeness (QED) is 0.833. The largest absolute Gasteiger partial charge is 0.506 e. The van der Waals surface area contributed by atoms with Gasteiger partial charge in [0.2, 0.25) is 0 Å². The Balaban J connectivity index is 2.63. The van der Waals surface area contributed by atoms with Gasteiger partial charge in [-0.2, -0.15) is 0 Å². The van der Waals surface area contributed by atoms with E-state index in [1.165, 1.54) is 6.42 Å². The van der Waals surface area contributed by atoms with Gasteiger partial charge in [-0.25, -0.2) is 0 Å². The van der Waals surface area contributed by atoms with Crippen LogP contribution in [0.3, 0.4) is 0 Å². The highest BCUT2D eigenvalue weighted by Crippen LogP contribution is 2.49. The molecule has 0 spiro atoms. The van der Waals surface area contributed by atoms with E-state index in [9.17, 15) is 5.11 Å². The number of halogens is 1. The topological polar surface area (TPSA) is 46.2 Å². The summed E-state index contributed by atoms with van der Waals surface area (Å²) < 4.78 is 0. The van der Waals surface area contributed by atoms with Crippen molar-refractivity contribution in [3.8, 4) is 5.75 Å². The van der Waals surface area contributed by atoms with E-state index in [-0.39, 0.29) is 11.2 Å². The van der Waals surface area contributed by atoms with Crippen molar-refractivity contribution in [3.05, 3.63) is 27.8 Å². The SMILES string of the molecule is Cc1cc(Cl)c(O)c(C2(CN)CCC2)c1C. The van der Waals surface area contributed by atoms with Gasteiger partial charge in [0.1, 0.15) is 5.75 Å². The summed E-state index contributed by atoms with van der Waals surface area (Å²) in [4.78, 5) is 0. The molecule has 3 N–H and O–H groups in total. The molecule has 0 saturated heterocycles. The average molecular weight is 240 g/mol. The molecule has 16 heavy (non-hydrogen) atoms. The smallest absolute Gasteiger partial charge is 0.138 e. The molecule has 2 nitrogen and oxygen atoms in total. The third kappa shape index (κ3) is 1.52. The summed E-state index contributed by atoms with van der Waals surface area (Å²) in [5, 5.41) is 10.6. The molecule has 1 fully saturated rings. The fourth-order valence-corrected chi connectivity index (χ4v) is 2.93. The zero-order valence-electron chi connectivity index (χ0n) is 9.81. The Kier molecular flexibility index (Phi) is 2.89. The molecule has 1 aromatic rings. The van der Waals surface area contributed by atoms with E-state index in [4.69, 9.17) is 17.3 Å². The Morgan fingerprint density at radius 2 is 2.06 bits per heavy atom. The fraction of sp³-hybridized carbons (Fsp3) is 0.538. The van der Waals surface area contributed by atoms with Gasteiger partial charge in [0.25, 0.3) is 0 Å². The molecule has 0 aromatic heterocycles. The molecular formula is C13H18ClNO. The minimum atomic E-state index is -0.0379. The first kappa shape index (κ1) is 11.7. The van der Waals surface area contributed by atoms with Gasteiger partial charge in [-0.1, -0.05) is 18.0 Å². The van der Waals surface area contributed by atoms with Crippen LogP contribution in [0.5, 0.6) is 5.75 Å². The summed E-state index contributed by atoms with van der Waals surface area (Å²) in [6.07, 6.45) is 3.29. The lowest BCUT2D eigenvalue weighted by molar-refractivity contribution is 0.244. The van der Waals surface area contributed by atoms with Crippen LogP contribution in [-0.2, 0) is 5.41 Å². The Hall–Kier alpha value is -0.730. The van der Waals surface area contributed by atoms with Crippen LogP contribution < -0.4 is 5.73 Å². The fourth-order valence-electron chi connectivity index (χ4n) is 2.67. The normalized spacial score (nSPS) is 18.2. The summed E-state index contributed by atoms with van der Waals surface area (Å²) in [6.45, 7) is 4.64. The summed E-state index contributed by atoms with van der Waals surface area (Å²) in [5.41, 5.74) is 9.08. The molecule has 0 radical (unpaired) electrons. The Morgan fingerprint density at radius 3 is 2.50 bits per heavy atom. The van der Waals surface area contributed by atoms with Crippen molar-refractivity contribution >= 4 is 11.6 Å². The van der Waals surface area contributed by atoms with Crippen molar-refractivity contribution < 1.29 is 5.11 Å². The number of aryl methyl sites for hydroxylation is 1. The molecule has 2 rings (SSSR count). The van der Waals surface area contributed by atoms with E-state index in [1.807, 2.05) is 19.9 Å². The molecule has 0 aliphatic heterocycles. The second-order valence-electron chi connectivity index (χ2n) is 4.86. The molecule has 0 amide bonds. The first-order valence-electron chi connectivity index (χ1n) is 5.71. The molecule has 88 valence electrons. The van der Waals surface area contributed by atoms with Crippen molar-refractivity contribution in [2.24, 2.45) is 5.73 Å². The van der Waals surface area contributed by atoms with Crippen LogP contribution in [0.4, 0.5) is 0 Å². The number of aromatic hydroxyl groups is 1. The number of phenolic OH excluding ortho intramolecular Hbond substituents is 1. The second-order valence-corrected chi connectivity index (χ2v) is 5.27. The average Bonchev–Trinajstić information content (AvgIpc) is 2.19. The van der Waals surface area contributed by atoms with Gasteiger partial charge >= 0.3 is 0 Å². The van der Waals surface area contributed by atoms with Crippen LogP contribution in [0.15, 0.2) is 6.07 Å². The zero-order valence-corrected chi connectivity index (χ0v) is 10.6. The van der Waals surface area contributed by atoms with Gasteiger partial charge in [0, 0.05) is 17.5 Å². The minimum absolute atomic E-state index is 0.0379. The van der Waals surface area contributed by atoms with E-state index < -0.39 is 0 Å². The van der Waals surface area contributed by atoms with Crippen molar-refractivity contribution in [1.29, 1.82) is 0 Å². The first-order valence-corrected chi connectivity index (χ1v) is 6.09. The maximum atomic E-state index is 10.1. The summed E-state index contributed by atoms with van der Waals surface area (Å²) >= 11 is 6.04. The maximum absolute atomic E-state index is 10.1. The molecule has 1 saturated carbocycles. The Morgan fingerprint density at radius 1 is 1.44 bits per heavy atom.